The van der Waals surface area contributed by atoms with Gasteiger partial charge >= 0.3 is 0 Å². The van der Waals surface area contributed by atoms with E-state index in [4.69, 9.17) is 0 Å². The number of rotatable bonds is 4. The number of carbonyl (C=O) groups is 2. The summed E-state index contributed by atoms with van der Waals surface area (Å²) in [5, 5.41) is 15.1. The third-order valence-electron chi connectivity index (χ3n) is 5.44. The highest BCUT2D eigenvalue weighted by molar-refractivity contribution is 7.16. The summed E-state index contributed by atoms with van der Waals surface area (Å²) in [7, 11) is 0. The molecule has 8 heteroatoms. The highest BCUT2D eigenvalue weighted by Gasteiger charge is 2.27. The second kappa shape index (κ2) is 8.43. The molecule has 146 valence electrons. The van der Waals surface area contributed by atoms with E-state index in [1.165, 1.54) is 21.1 Å². The molecule has 2 aromatic heterocycles. The third kappa shape index (κ3) is 3.97. The number of thiophene rings is 2. The number of nitrogens with one attached hydrogen (secondary N) is 2. The Kier molecular flexibility index (Phi) is 5.76. The Labute approximate surface area is 172 Å². The van der Waals surface area contributed by atoms with Gasteiger partial charge in [0.25, 0.3) is 11.8 Å². The molecular weight excluding hydrogens is 392 g/mol. The quantitative estimate of drug-likeness (QED) is 0.795. The van der Waals surface area contributed by atoms with Crippen molar-refractivity contribution in [2.45, 2.75) is 25.7 Å². The molecule has 0 saturated carbocycles. The molecule has 2 amide bonds. The van der Waals surface area contributed by atoms with Gasteiger partial charge in [0, 0.05) is 4.88 Å². The first-order chi connectivity index (χ1) is 13.7. The van der Waals surface area contributed by atoms with E-state index in [2.05, 4.69) is 11.4 Å². The van der Waals surface area contributed by atoms with Crippen LogP contribution in [0.2, 0.25) is 0 Å². The van der Waals surface area contributed by atoms with Crippen LogP contribution < -0.4 is 10.2 Å². The Morgan fingerprint density at radius 2 is 2.04 bits per heavy atom. The van der Waals surface area contributed by atoms with E-state index in [0.29, 0.717) is 30.2 Å². The van der Waals surface area contributed by atoms with Crippen molar-refractivity contribution in [1.82, 2.24) is 4.90 Å². The minimum absolute atomic E-state index is 0.0527. The lowest BCUT2D eigenvalue weighted by Crippen LogP contribution is -3.15. The topological polar surface area (TPSA) is 77.6 Å². The number of nitriles is 1. The van der Waals surface area contributed by atoms with Crippen LogP contribution in [0.15, 0.2) is 17.5 Å². The van der Waals surface area contributed by atoms with E-state index in [-0.39, 0.29) is 11.8 Å². The minimum Gasteiger partial charge on any atom is -0.327 e. The second-order valence-electron chi connectivity index (χ2n) is 7.27. The summed E-state index contributed by atoms with van der Waals surface area (Å²) in [6.45, 7) is 3.22. The van der Waals surface area contributed by atoms with E-state index in [0.717, 1.165) is 49.2 Å². The average molecular weight is 416 g/mol. The van der Waals surface area contributed by atoms with Gasteiger partial charge in [-0.05, 0) is 42.7 Å². The molecule has 0 spiro atoms. The zero-order valence-corrected chi connectivity index (χ0v) is 17.3. The molecule has 6 nitrogen and oxygen atoms in total. The molecule has 1 aliphatic carbocycles. The Hall–Kier alpha value is -2.21. The number of hydrogen-bond donors (Lipinski definition) is 2. The molecule has 2 N–H and O–H groups in total. The summed E-state index contributed by atoms with van der Waals surface area (Å²) in [4.78, 5) is 30.0. The van der Waals surface area contributed by atoms with Crippen molar-refractivity contribution in [3.8, 4) is 6.07 Å². The monoisotopic (exact) mass is 415 g/mol. The molecule has 0 atom stereocenters. The summed E-state index contributed by atoms with van der Waals surface area (Å²) in [6.07, 6.45) is 4.22. The van der Waals surface area contributed by atoms with E-state index < -0.39 is 0 Å². The van der Waals surface area contributed by atoms with Gasteiger partial charge in [0.15, 0.2) is 6.54 Å². The summed E-state index contributed by atoms with van der Waals surface area (Å²) in [5.74, 6) is 0.0319. The summed E-state index contributed by atoms with van der Waals surface area (Å²) in [5.41, 5.74) is 1.80. The van der Waals surface area contributed by atoms with Crippen molar-refractivity contribution < 1.29 is 14.5 Å². The van der Waals surface area contributed by atoms with Crippen LogP contribution in [0.4, 0.5) is 5.00 Å². The predicted molar refractivity (Wildman–Crippen MR) is 110 cm³/mol. The zero-order chi connectivity index (χ0) is 19.5. The first-order valence-electron chi connectivity index (χ1n) is 9.66. The number of fused-ring (bicyclic) bond motifs is 1. The molecule has 0 bridgehead atoms. The third-order valence-corrected chi connectivity index (χ3v) is 7.50. The standard InChI is InChI=1S/C20H22N4O2S2/c21-12-15-14-4-1-2-5-16(14)28-19(15)22-18(25)13-23-7-9-24(10-8-23)20(26)17-6-3-11-27-17/h3,6,11H,1-2,4-5,7-10,13H2,(H,22,25)/p+1. The molecule has 3 heterocycles. The summed E-state index contributed by atoms with van der Waals surface area (Å²) < 4.78 is 0. The van der Waals surface area contributed by atoms with Crippen LogP contribution >= 0.6 is 22.7 Å². The normalized spacial score (nSPS) is 17.0. The lowest BCUT2D eigenvalue weighted by atomic mass is 9.96. The van der Waals surface area contributed by atoms with Crippen LogP contribution in [-0.4, -0.2) is 49.4 Å². The largest absolute Gasteiger partial charge is 0.327 e. The van der Waals surface area contributed by atoms with Crippen molar-refractivity contribution in [1.29, 1.82) is 5.26 Å². The second-order valence-corrected chi connectivity index (χ2v) is 9.32. The number of nitrogens with zero attached hydrogens (tertiary/aromatic N) is 2. The minimum atomic E-state index is -0.0527. The molecule has 1 fully saturated rings. The van der Waals surface area contributed by atoms with Crippen LogP contribution in [0.3, 0.4) is 0 Å². The summed E-state index contributed by atoms with van der Waals surface area (Å²) >= 11 is 3.03. The maximum atomic E-state index is 12.6. The van der Waals surface area contributed by atoms with E-state index in [1.807, 2.05) is 22.4 Å². The number of quaternary nitrogens is 1. The predicted octanol–water partition coefficient (Wildman–Crippen LogP) is 1.54. The zero-order valence-electron chi connectivity index (χ0n) is 15.6. The van der Waals surface area contributed by atoms with Crippen molar-refractivity contribution in [2.75, 3.05) is 38.0 Å². The smallest absolute Gasteiger partial charge is 0.280 e. The molecule has 0 unspecified atom stereocenters. The van der Waals surface area contributed by atoms with Gasteiger partial charge in [-0.15, -0.1) is 22.7 Å². The van der Waals surface area contributed by atoms with Gasteiger partial charge in [-0.1, -0.05) is 6.07 Å². The maximum Gasteiger partial charge on any atom is 0.280 e. The molecule has 4 rings (SSSR count). The maximum absolute atomic E-state index is 12.6. The number of anilines is 1. The molecule has 28 heavy (non-hydrogen) atoms. The van der Waals surface area contributed by atoms with E-state index in [9.17, 15) is 14.9 Å². The van der Waals surface area contributed by atoms with Gasteiger partial charge < -0.3 is 15.1 Å². The number of aryl methyl sites for hydroxylation is 1. The Balaban J connectivity index is 1.31. The van der Waals surface area contributed by atoms with Gasteiger partial charge in [0.1, 0.15) is 11.1 Å². The molecule has 1 saturated heterocycles. The van der Waals surface area contributed by atoms with Crippen LogP contribution in [0.1, 0.15) is 38.5 Å². The van der Waals surface area contributed by atoms with Gasteiger partial charge in [0.05, 0.1) is 36.6 Å². The molecular formula is C20H23N4O2S2+. The molecule has 1 aliphatic heterocycles. The van der Waals surface area contributed by atoms with Gasteiger partial charge in [-0.25, -0.2) is 0 Å². The molecule has 0 radical (unpaired) electrons. The number of carbonyl (C=O) groups excluding carboxylic acids is 2. The van der Waals surface area contributed by atoms with Gasteiger partial charge in [-0.3, -0.25) is 9.59 Å². The van der Waals surface area contributed by atoms with Crippen LogP contribution in [0.5, 0.6) is 0 Å². The lowest BCUT2D eigenvalue weighted by molar-refractivity contribution is -0.895. The van der Waals surface area contributed by atoms with E-state index >= 15 is 0 Å². The number of amides is 2. The Morgan fingerprint density at radius 3 is 2.75 bits per heavy atom. The first-order valence-corrected chi connectivity index (χ1v) is 11.4. The van der Waals surface area contributed by atoms with Crippen molar-refractivity contribution in [2.24, 2.45) is 0 Å². The molecule has 2 aromatic rings. The molecule has 0 aromatic carbocycles. The Morgan fingerprint density at radius 1 is 1.25 bits per heavy atom. The fourth-order valence-electron chi connectivity index (χ4n) is 3.93. The fourth-order valence-corrected chi connectivity index (χ4v) is 5.88. The van der Waals surface area contributed by atoms with Gasteiger partial charge in [-0.2, -0.15) is 5.26 Å². The van der Waals surface area contributed by atoms with Crippen LogP contribution in [-0.2, 0) is 17.6 Å². The first kappa shape index (κ1) is 19.1. The highest BCUT2D eigenvalue weighted by atomic mass is 32.1. The molecule has 2 aliphatic rings. The summed E-state index contributed by atoms with van der Waals surface area (Å²) in [6, 6.07) is 6.03. The van der Waals surface area contributed by atoms with Crippen molar-refractivity contribution >= 4 is 39.5 Å². The fraction of sp³-hybridized carbons (Fsp3) is 0.450. The number of piperazine rings is 1. The van der Waals surface area contributed by atoms with Crippen molar-refractivity contribution in [3.05, 3.63) is 38.4 Å². The highest BCUT2D eigenvalue weighted by Crippen LogP contribution is 2.37. The Bertz CT molecular complexity index is 906. The number of hydrogen-bond acceptors (Lipinski definition) is 5. The van der Waals surface area contributed by atoms with Gasteiger partial charge in [0.2, 0.25) is 0 Å². The van der Waals surface area contributed by atoms with E-state index in [1.54, 1.807) is 11.3 Å². The SMILES string of the molecule is N#Cc1c(NC(=O)C[NH+]2CCN(C(=O)c3cccs3)CC2)sc2c1CCCC2. The van der Waals surface area contributed by atoms with Crippen LogP contribution in [0, 0.1) is 11.3 Å². The van der Waals surface area contributed by atoms with Crippen LogP contribution in [0.25, 0.3) is 0 Å². The lowest BCUT2D eigenvalue weighted by Gasteiger charge is -2.31. The van der Waals surface area contributed by atoms with Crippen molar-refractivity contribution in [3.63, 3.8) is 0 Å². The average Bonchev–Trinajstić information content (AvgIpc) is 3.35.